The van der Waals surface area contributed by atoms with Gasteiger partial charge in [0.15, 0.2) is 0 Å². The molecule has 0 radical (unpaired) electrons. The van der Waals surface area contributed by atoms with Crippen LogP contribution in [-0.4, -0.2) is 53.2 Å². The number of carbonyl (C=O) groups excluding carboxylic acids is 1. The van der Waals surface area contributed by atoms with Crippen molar-refractivity contribution in [2.24, 2.45) is 0 Å². The van der Waals surface area contributed by atoms with Gasteiger partial charge in [0.2, 0.25) is 0 Å². The molecule has 0 bridgehead atoms. The van der Waals surface area contributed by atoms with Crippen LogP contribution in [0.3, 0.4) is 0 Å². The topological polar surface area (TPSA) is 32.8 Å². The summed E-state index contributed by atoms with van der Waals surface area (Å²) >= 11 is 3.74. The number of piperazine rings is 1. The smallest absolute Gasteiger partial charge is 0.410 e. The fourth-order valence-electron chi connectivity index (χ4n) is 3.19. The number of hydrogen-bond acceptors (Lipinski definition) is 3. The predicted octanol–water partition coefficient (Wildman–Crippen LogP) is 4.90. The van der Waals surface area contributed by atoms with Crippen molar-refractivity contribution in [2.75, 3.05) is 19.6 Å². The monoisotopic (exact) mass is 428 g/mol. The van der Waals surface area contributed by atoms with Crippen LogP contribution in [0.1, 0.15) is 50.6 Å². The predicted molar refractivity (Wildman–Crippen MR) is 106 cm³/mol. The van der Waals surface area contributed by atoms with Gasteiger partial charge in [-0.3, -0.25) is 4.90 Å². The summed E-state index contributed by atoms with van der Waals surface area (Å²) in [6, 6.07) is 5.63. The molecule has 3 atom stereocenters. The van der Waals surface area contributed by atoms with Crippen LogP contribution in [0, 0.1) is 12.7 Å². The average molecular weight is 429 g/mol. The minimum absolute atomic E-state index is 0.0258. The van der Waals surface area contributed by atoms with Crippen molar-refractivity contribution in [3.63, 3.8) is 0 Å². The Morgan fingerprint density at radius 1 is 1.35 bits per heavy atom. The lowest BCUT2D eigenvalue weighted by Crippen LogP contribution is -2.57. The van der Waals surface area contributed by atoms with E-state index in [1.807, 2.05) is 39.8 Å². The Hall–Kier alpha value is -1.14. The first-order valence-electron chi connectivity index (χ1n) is 9.13. The van der Waals surface area contributed by atoms with Crippen molar-refractivity contribution in [1.29, 1.82) is 0 Å². The molecule has 0 aromatic heterocycles. The Balaban J connectivity index is 2.00. The number of amides is 1. The second-order valence-corrected chi connectivity index (χ2v) is 9.16. The van der Waals surface area contributed by atoms with Crippen LogP contribution in [0.25, 0.3) is 0 Å². The zero-order chi connectivity index (χ0) is 19.6. The number of rotatable bonds is 3. The lowest BCUT2D eigenvalue weighted by atomic mass is 10.0. The van der Waals surface area contributed by atoms with E-state index in [4.69, 9.17) is 4.74 Å². The number of alkyl halides is 1. The largest absolute Gasteiger partial charge is 0.444 e. The minimum atomic E-state index is -0.488. The summed E-state index contributed by atoms with van der Waals surface area (Å²) in [5, 5.41) is 0. The molecule has 4 nitrogen and oxygen atoms in total. The van der Waals surface area contributed by atoms with Gasteiger partial charge in [0.1, 0.15) is 11.4 Å². The summed E-state index contributed by atoms with van der Waals surface area (Å²) in [4.78, 5) is 16.5. The molecule has 1 aliphatic heterocycles. The molecular formula is C20H30BrFN2O2. The van der Waals surface area contributed by atoms with Crippen molar-refractivity contribution >= 4 is 22.0 Å². The number of benzene rings is 1. The van der Waals surface area contributed by atoms with Crippen LogP contribution >= 0.6 is 15.9 Å². The number of ether oxygens (including phenoxy) is 1. The van der Waals surface area contributed by atoms with Crippen LogP contribution in [0.15, 0.2) is 18.2 Å². The van der Waals surface area contributed by atoms with E-state index in [1.165, 1.54) is 0 Å². The van der Waals surface area contributed by atoms with E-state index in [0.29, 0.717) is 12.1 Å². The van der Waals surface area contributed by atoms with Crippen molar-refractivity contribution in [3.05, 3.63) is 35.1 Å². The average Bonchev–Trinajstić information content (AvgIpc) is 2.54. The van der Waals surface area contributed by atoms with Crippen LogP contribution in [0.5, 0.6) is 0 Å². The molecule has 1 heterocycles. The maximum atomic E-state index is 13.9. The summed E-state index contributed by atoms with van der Waals surface area (Å²) in [7, 11) is 0. The molecule has 146 valence electrons. The molecule has 26 heavy (non-hydrogen) atoms. The summed E-state index contributed by atoms with van der Waals surface area (Å²) in [6.07, 6.45) is -0.256. The first-order chi connectivity index (χ1) is 12.0. The third-order valence-corrected chi connectivity index (χ3v) is 6.09. The molecule has 1 aromatic carbocycles. The molecule has 1 fully saturated rings. The second-order valence-electron chi connectivity index (χ2n) is 8.17. The third kappa shape index (κ3) is 5.19. The number of nitrogens with zero attached hydrogens (tertiary/aromatic N) is 2. The summed E-state index contributed by atoms with van der Waals surface area (Å²) in [6.45, 7) is 13.7. The first kappa shape index (κ1) is 21.2. The van der Waals surface area contributed by atoms with Gasteiger partial charge in [-0.1, -0.05) is 28.1 Å². The minimum Gasteiger partial charge on any atom is -0.444 e. The molecule has 0 saturated carbocycles. The molecule has 1 saturated heterocycles. The molecule has 0 aliphatic carbocycles. The van der Waals surface area contributed by atoms with E-state index in [0.717, 1.165) is 18.7 Å². The highest BCUT2D eigenvalue weighted by atomic mass is 79.9. The summed E-state index contributed by atoms with van der Waals surface area (Å²) in [5.74, 6) is -0.178. The highest BCUT2D eigenvalue weighted by Crippen LogP contribution is 2.32. The quantitative estimate of drug-likeness (QED) is 0.641. The van der Waals surface area contributed by atoms with E-state index in [1.54, 1.807) is 17.9 Å². The van der Waals surface area contributed by atoms with Crippen LogP contribution in [-0.2, 0) is 4.74 Å². The fourth-order valence-corrected chi connectivity index (χ4v) is 3.81. The summed E-state index contributed by atoms with van der Waals surface area (Å²) < 4.78 is 19.4. The SMILES string of the molecule is Cc1ccc(C(Br)C(C)N2CCN(C(=O)OC(C)(C)C)[C@H](C)C2)cc1F. The van der Waals surface area contributed by atoms with Gasteiger partial charge in [-0.05, 0) is 58.7 Å². The van der Waals surface area contributed by atoms with Crippen molar-refractivity contribution in [2.45, 2.75) is 64.1 Å². The standard InChI is InChI=1S/C20H30BrFN2O2/c1-13-7-8-16(11-17(13)22)18(21)15(3)23-9-10-24(14(2)12-23)19(25)26-20(4,5)6/h7-8,11,14-15,18H,9-10,12H2,1-6H3/t14-,15?,18?/m1/s1. The lowest BCUT2D eigenvalue weighted by Gasteiger charge is -2.43. The van der Waals surface area contributed by atoms with Crippen LogP contribution < -0.4 is 0 Å². The Bertz CT molecular complexity index is 647. The van der Waals surface area contributed by atoms with Gasteiger partial charge in [0.25, 0.3) is 0 Å². The number of hydrogen-bond donors (Lipinski definition) is 0. The third-order valence-electron chi connectivity index (χ3n) is 4.80. The van der Waals surface area contributed by atoms with E-state index in [9.17, 15) is 9.18 Å². The Labute approximate surface area is 164 Å². The highest BCUT2D eigenvalue weighted by molar-refractivity contribution is 9.09. The van der Waals surface area contributed by atoms with Gasteiger partial charge < -0.3 is 9.64 Å². The first-order valence-corrected chi connectivity index (χ1v) is 10.0. The normalized spacial score (nSPS) is 21.4. The van der Waals surface area contributed by atoms with E-state index in [2.05, 4.69) is 27.8 Å². The molecule has 1 amide bonds. The van der Waals surface area contributed by atoms with Gasteiger partial charge in [0.05, 0.1) is 4.83 Å². The van der Waals surface area contributed by atoms with Crippen LogP contribution in [0.2, 0.25) is 0 Å². The molecule has 1 aliphatic rings. The van der Waals surface area contributed by atoms with Crippen LogP contribution in [0.4, 0.5) is 9.18 Å². The summed E-state index contributed by atoms with van der Waals surface area (Å²) in [5.41, 5.74) is 1.10. The number of carbonyl (C=O) groups is 1. The molecule has 0 spiro atoms. The molecular weight excluding hydrogens is 399 g/mol. The zero-order valence-electron chi connectivity index (χ0n) is 16.6. The molecule has 1 aromatic rings. The molecule has 2 rings (SSSR count). The Morgan fingerprint density at radius 2 is 2.00 bits per heavy atom. The van der Waals surface area contributed by atoms with E-state index in [-0.39, 0.29) is 28.8 Å². The van der Waals surface area contributed by atoms with Crippen molar-refractivity contribution in [3.8, 4) is 0 Å². The van der Waals surface area contributed by atoms with Crippen molar-refractivity contribution < 1.29 is 13.9 Å². The van der Waals surface area contributed by atoms with E-state index < -0.39 is 5.60 Å². The Morgan fingerprint density at radius 3 is 2.54 bits per heavy atom. The van der Waals surface area contributed by atoms with Gasteiger partial charge in [-0.25, -0.2) is 9.18 Å². The zero-order valence-corrected chi connectivity index (χ0v) is 18.1. The number of aryl methyl sites for hydroxylation is 1. The number of halogens is 2. The van der Waals surface area contributed by atoms with Crippen molar-refractivity contribution in [1.82, 2.24) is 9.80 Å². The lowest BCUT2D eigenvalue weighted by molar-refractivity contribution is -0.00338. The van der Waals surface area contributed by atoms with E-state index >= 15 is 0 Å². The second kappa shape index (κ2) is 8.26. The molecule has 2 unspecified atom stereocenters. The van der Waals surface area contributed by atoms with Gasteiger partial charge in [-0.15, -0.1) is 0 Å². The molecule has 6 heteroatoms. The Kier molecular flexibility index (Phi) is 6.72. The fraction of sp³-hybridized carbons (Fsp3) is 0.650. The highest BCUT2D eigenvalue weighted by Gasteiger charge is 2.34. The van der Waals surface area contributed by atoms with Gasteiger partial charge in [0, 0.05) is 31.7 Å². The maximum Gasteiger partial charge on any atom is 0.410 e. The van der Waals surface area contributed by atoms with Gasteiger partial charge >= 0.3 is 6.09 Å². The molecule has 0 N–H and O–H groups in total. The van der Waals surface area contributed by atoms with Gasteiger partial charge in [-0.2, -0.15) is 0 Å². The maximum absolute atomic E-state index is 13.9.